The summed E-state index contributed by atoms with van der Waals surface area (Å²) in [6.45, 7) is 7.56. The summed E-state index contributed by atoms with van der Waals surface area (Å²) in [7, 11) is 1.50. The van der Waals surface area contributed by atoms with Crippen molar-refractivity contribution in [3.8, 4) is 5.95 Å². The fourth-order valence-electron chi connectivity index (χ4n) is 2.99. The third kappa shape index (κ3) is 6.31. The van der Waals surface area contributed by atoms with Crippen molar-refractivity contribution in [2.75, 3.05) is 7.11 Å². The number of methoxy groups -OCH3 is 1. The Kier molecular flexibility index (Phi) is 8.54. The highest BCUT2D eigenvalue weighted by molar-refractivity contribution is 5.29. The maximum atomic E-state index is 12.2. The molecule has 0 amide bonds. The van der Waals surface area contributed by atoms with Crippen molar-refractivity contribution in [3.63, 3.8) is 0 Å². The fraction of sp³-hybridized carbons (Fsp3) is 0.750. The van der Waals surface area contributed by atoms with Gasteiger partial charge in [-0.05, 0) is 33.6 Å². The second-order valence-electron chi connectivity index (χ2n) is 7.11. The number of hydrogen-bond acceptors (Lipinski definition) is 4. The molecule has 0 aliphatic carbocycles. The monoisotopic (exact) mass is 338 g/mol. The molecular formula is C20H34O4. The molecule has 24 heavy (non-hydrogen) atoms. The second kappa shape index (κ2) is 9.87. The van der Waals surface area contributed by atoms with E-state index in [1.54, 1.807) is 13.8 Å². The lowest BCUT2D eigenvalue weighted by molar-refractivity contribution is 0.0378. The zero-order valence-electron chi connectivity index (χ0n) is 16.0. The van der Waals surface area contributed by atoms with Crippen LogP contribution in [0.4, 0.5) is 0 Å². The number of rotatable bonds is 11. The van der Waals surface area contributed by atoms with Crippen LogP contribution in [-0.4, -0.2) is 17.8 Å². The molecule has 1 heterocycles. The highest BCUT2D eigenvalue weighted by Gasteiger charge is 2.22. The summed E-state index contributed by atoms with van der Waals surface area (Å²) in [5.74, 6) is 0.891. The highest BCUT2D eigenvalue weighted by atomic mass is 16.6. The molecule has 1 aromatic heterocycles. The standard InChI is InChI=1S/C20H34O4/c1-6-7-8-9-10-11-13-20(4,22)14-12-17-15(2)18(21)16(3)19(23-5)24-17/h22H,6-14H2,1-5H3/t20-/m1/s1. The van der Waals surface area contributed by atoms with Gasteiger partial charge < -0.3 is 14.3 Å². The molecule has 0 aliphatic heterocycles. The average molecular weight is 338 g/mol. The summed E-state index contributed by atoms with van der Waals surface area (Å²) >= 11 is 0. The molecule has 1 N–H and O–H groups in total. The maximum Gasteiger partial charge on any atom is 0.291 e. The summed E-state index contributed by atoms with van der Waals surface area (Å²) in [6.07, 6.45) is 9.19. The first kappa shape index (κ1) is 20.8. The molecule has 0 spiro atoms. The van der Waals surface area contributed by atoms with E-state index in [2.05, 4.69) is 6.92 Å². The molecule has 0 aromatic carbocycles. The van der Waals surface area contributed by atoms with E-state index in [0.717, 1.165) is 12.8 Å². The van der Waals surface area contributed by atoms with Crippen molar-refractivity contribution < 1.29 is 14.3 Å². The van der Waals surface area contributed by atoms with E-state index in [4.69, 9.17) is 9.15 Å². The van der Waals surface area contributed by atoms with Crippen LogP contribution in [0.1, 0.15) is 82.1 Å². The van der Waals surface area contributed by atoms with E-state index in [0.29, 0.717) is 29.7 Å². The number of aliphatic hydroxyl groups is 1. The molecule has 1 aromatic rings. The van der Waals surface area contributed by atoms with Gasteiger partial charge in [-0.2, -0.15) is 0 Å². The Hall–Kier alpha value is -1.29. The molecule has 0 bridgehead atoms. The van der Waals surface area contributed by atoms with Crippen LogP contribution in [0.25, 0.3) is 0 Å². The van der Waals surface area contributed by atoms with Gasteiger partial charge in [0.25, 0.3) is 5.95 Å². The second-order valence-corrected chi connectivity index (χ2v) is 7.11. The van der Waals surface area contributed by atoms with Crippen LogP contribution in [0.15, 0.2) is 9.21 Å². The van der Waals surface area contributed by atoms with Crippen molar-refractivity contribution in [3.05, 3.63) is 27.1 Å². The van der Waals surface area contributed by atoms with Crippen LogP contribution in [0, 0.1) is 13.8 Å². The van der Waals surface area contributed by atoms with Gasteiger partial charge in [-0.25, -0.2) is 0 Å². The van der Waals surface area contributed by atoms with Crippen molar-refractivity contribution in [2.45, 2.75) is 91.1 Å². The summed E-state index contributed by atoms with van der Waals surface area (Å²) in [4.78, 5) is 12.2. The first-order chi connectivity index (χ1) is 11.3. The molecule has 138 valence electrons. The molecule has 0 aliphatic rings. The average Bonchev–Trinajstić information content (AvgIpc) is 2.55. The normalized spacial score (nSPS) is 13.8. The van der Waals surface area contributed by atoms with Crippen LogP contribution in [0.3, 0.4) is 0 Å². The lowest BCUT2D eigenvalue weighted by Gasteiger charge is -2.23. The third-order valence-corrected chi connectivity index (χ3v) is 4.77. The summed E-state index contributed by atoms with van der Waals surface area (Å²) in [5, 5.41) is 10.6. The van der Waals surface area contributed by atoms with Gasteiger partial charge in [0.2, 0.25) is 0 Å². The molecule has 4 heteroatoms. The van der Waals surface area contributed by atoms with Gasteiger partial charge in [0.05, 0.1) is 18.3 Å². The lowest BCUT2D eigenvalue weighted by Crippen LogP contribution is -2.25. The van der Waals surface area contributed by atoms with E-state index in [1.807, 2.05) is 6.92 Å². The molecule has 0 radical (unpaired) electrons. The number of aryl methyl sites for hydroxylation is 1. The van der Waals surface area contributed by atoms with Crippen molar-refractivity contribution in [1.82, 2.24) is 0 Å². The summed E-state index contributed by atoms with van der Waals surface area (Å²) < 4.78 is 10.8. The smallest absolute Gasteiger partial charge is 0.291 e. The van der Waals surface area contributed by atoms with Crippen LogP contribution < -0.4 is 10.2 Å². The van der Waals surface area contributed by atoms with Gasteiger partial charge in [0.15, 0.2) is 5.43 Å². The fourth-order valence-corrected chi connectivity index (χ4v) is 2.99. The third-order valence-electron chi connectivity index (χ3n) is 4.77. The number of ether oxygens (including phenoxy) is 1. The van der Waals surface area contributed by atoms with E-state index in [-0.39, 0.29) is 11.4 Å². The number of unbranched alkanes of at least 4 members (excludes halogenated alkanes) is 5. The molecule has 4 nitrogen and oxygen atoms in total. The van der Waals surface area contributed by atoms with E-state index >= 15 is 0 Å². The number of hydrogen-bond donors (Lipinski definition) is 1. The van der Waals surface area contributed by atoms with Gasteiger partial charge >= 0.3 is 0 Å². The predicted octanol–water partition coefficient (Wildman–Crippen LogP) is 4.70. The van der Waals surface area contributed by atoms with Gasteiger partial charge in [0.1, 0.15) is 5.76 Å². The molecule has 0 saturated heterocycles. The summed E-state index contributed by atoms with van der Waals surface area (Å²) in [5.41, 5.74) is 0.346. The Morgan fingerprint density at radius 2 is 1.67 bits per heavy atom. The van der Waals surface area contributed by atoms with Gasteiger partial charge in [-0.15, -0.1) is 0 Å². The maximum absolute atomic E-state index is 12.2. The Bertz CT molecular complexity index is 557. The first-order valence-corrected chi connectivity index (χ1v) is 9.22. The predicted molar refractivity (Wildman–Crippen MR) is 97.9 cm³/mol. The highest BCUT2D eigenvalue weighted by Crippen LogP contribution is 2.25. The van der Waals surface area contributed by atoms with E-state index < -0.39 is 5.60 Å². The van der Waals surface area contributed by atoms with Crippen molar-refractivity contribution in [1.29, 1.82) is 0 Å². The SMILES string of the molecule is CCCCCCCC[C@@](C)(O)CCc1oc(OC)c(C)c(=O)c1C. The van der Waals surface area contributed by atoms with Crippen molar-refractivity contribution >= 4 is 0 Å². The van der Waals surface area contributed by atoms with E-state index in [9.17, 15) is 9.90 Å². The molecule has 1 atom stereocenters. The zero-order valence-corrected chi connectivity index (χ0v) is 16.0. The Labute approximate surface area is 146 Å². The van der Waals surface area contributed by atoms with Gasteiger partial charge in [-0.1, -0.05) is 45.4 Å². The minimum Gasteiger partial charge on any atom is -0.468 e. The molecule has 0 saturated carbocycles. The quantitative estimate of drug-likeness (QED) is 0.594. The minimum absolute atomic E-state index is 0.0383. The van der Waals surface area contributed by atoms with Crippen molar-refractivity contribution in [2.24, 2.45) is 0 Å². The van der Waals surface area contributed by atoms with Crippen LogP contribution in [0.2, 0.25) is 0 Å². The Morgan fingerprint density at radius 3 is 2.29 bits per heavy atom. The van der Waals surface area contributed by atoms with Gasteiger partial charge in [-0.3, -0.25) is 4.79 Å². The van der Waals surface area contributed by atoms with E-state index in [1.165, 1.54) is 39.2 Å². The molecular weight excluding hydrogens is 304 g/mol. The lowest BCUT2D eigenvalue weighted by atomic mass is 9.91. The molecule has 0 unspecified atom stereocenters. The topological polar surface area (TPSA) is 59.7 Å². The Balaban J connectivity index is 2.55. The molecule has 1 rings (SSSR count). The summed E-state index contributed by atoms with van der Waals surface area (Å²) in [6, 6.07) is 0. The molecule has 0 fully saturated rings. The minimum atomic E-state index is -0.728. The zero-order chi connectivity index (χ0) is 18.2. The van der Waals surface area contributed by atoms with Crippen LogP contribution >= 0.6 is 0 Å². The largest absolute Gasteiger partial charge is 0.468 e. The van der Waals surface area contributed by atoms with Crippen LogP contribution in [-0.2, 0) is 6.42 Å². The van der Waals surface area contributed by atoms with Crippen LogP contribution in [0.5, 0.6) is 5.95 Å². The Morgan fingerprint density at radius 1 is 1.04 bits per heavy atom. The first-order valence-electron chi connectivity index (χ1n) is 9.22. The van der Waals surface area contributed by atoms with Gasteiger partial charge in [0, 0.05) is 12.0 Å².